The van der Waals surface area contributed by atoms with Gasteiger partial charge in [-0.05, 0) is 18.9 Å². The van der Waals surface area contributed by atoms with Crippen molar-refractivity contribution in [3.8, 4) is 0 Å². The minimum absolute atomic E-state index is 0.773. The Morgan fingerprint density at radius 3 is 2.79 bits per heavy atom. The first-order chi connectivity index (χ1) is 9.29. The fourth-order valence-electron chi connectivity index (χ4n) is 1.92. The molecule has 0 spiro atoms. The van der Waals surface area contributed by atoms with Crippen LogP contribution in [0.1, 0.15) is 17.5 Å². The van der Waals surface area contributed by atoms with Crippen LogP contribution in [0.3, 0.4) is 0 Å². The second kappa shape index (κ2) is 6.95. The first-order valence-electron chi connectivity index (χ1n) is 6.59. The summed E-state index contributed by atoms with van der Waals surface area (Å²) < 4.78 is 7.18. The van der Waals surface area contributed by atoms with E-state index in [1.165, 1.54) is 11.1 Å². The zero-order chi connectivity index (χ0) is 13.5. The molecule has 0 amide bonds. The molecule has 0 radical (unpaired) electrons. The van der Waals surface area contributed by atoms with E-state index in [0.717, 1.165) is 32.1 Å². The number of anilines is 1. The number of rotatable bonds is 7. The molecule has 1 aromatic heterocycles. The summed E-state index contributed by atoms with van der Waals surface area (Å²) in [6.45, 7) is 4.58. The van der Waals surface area contributed by atoms with Crippen molar-refractivity contribution in [2.24, 2.45) is 0 Å². The van der Waals surface area contributed by atoms with Gasteiger partial charge >= 0.3 is 0 Å². The van der Waals surface area contributed by atoms with Crippen LogP contribution in [0.2, 0.25) is 0 Å². The molecule has 4 nitrogen and oxygen atoms in total. The molecule has 1 aromatic carbocycles. The summed E-state index contributed by atoms with van der Waals surface area (Å²) in [5, 5.41) is 3.37. The second-order valence-electron chi connectivity index (χ2n) is 4.63. The van der Waals surface area contributed by atoms with Crippen LogP contribution >= 0.6 is 0 Å². The van der Waals surface area contributed by atoms with Crippen LogP contribution in [-0.2, 0) is 17.8 Å². The minimum Gasteiger partial charge on any atom is -0.385 e. The first kappa shape index (κ1) is 13.6. The lowest BCUT2D eigenvalue weighted by atomic mass is 10.1. The standard InChI is InChI=1S/C15H21N3O/c1-13-4-6-14(7-5-13)12-17-15-16-8-10-18(15)9-3-11-19-2/h4-8,10H,3,9,11-12H2,1-2H3,(H,16,17). The average molecular weight is 259 g/mol. The number of nitrogens with one attached hydrogen (secondary N) is 1. The summed E-state index contributed by atoms with van der Waals surface area (Å²) in [6.07, 6.45) is 4.81. The highest BCUT2D eigenvalue weighted by atomic mass is 16.5. The summed E-state index contributed by atoms with van der Waals surface area (Å²) in [5.41, 5.74) is 2.54. The van der Waals surface area contributed by atoms with E-state index in [1.807, 2.05) is 12.4 Å². The molecule has 2 rings (SSSR count). The monoisotopic (exact) mass is 259 g/mol. The van der Waals surface area contributed by atoms with Crippen molar-refractivity contribution in [1.29, 1.82) is 0 Å². The van der Waals surface area contributed by atoms with Gasteiger partial charge in [-0.15, -0.1) is 0 Å². The van der Waals surface area contributed by atoms with Crippen molar-refractivity contribution in [2.45, 2.75) is 26.4 Å². The third kappa shape index (κ3) is 4.10. The molecule has 0 saturated heterocycles. The summed E-state index contributed by atoms with van der Waals surface area (Å²) in [4.78, 5) is 4.34. The van der Waals surface area contributed by atoms with E-state index >= 15 is 0 Å². The molecule has 19 heavy (non-hydrogen) atoms. The Labute approximate surface area is 114 Å². The Morgan fingerprint density at radius 1 is 1.26 bits per heavy atom. The summed E-state index contributed by atoms with van der Waals surface area (Å²) in [6, 6.07) is 8.53. The smallest absolute Gasteiger partial charge is 0.203 e. The maximum absolute atomic E-state index is 5.07. The van der Waals surface area contributed by atoms with Crippen molar-refractivity contribution in [2.75, 3.05) is 19.0 Å². The van der Waals surface area contributed by atoms with Crippen LogP contribution in [0, 0.1) is 6.92 Å². The molecule has 102 valence electrons. The van der Waals surface area contributed by atoms with Gasteiger partial charge in [-0.25, -0.2) is 4.98 Å². The van der Waals surface area contributed by atoms with Crippen molar-refractivity contribution >= 4 is 5.95 Å². The van der Waals surface area contributed by atoms with Gasteiger partial charge in [0.05, 0.1) is 0 Å². The predicted octanol–water partition coefficient (Wildman–Crippen LogP) is 2.84. The molecule has 0 fully saturated rings. The molecular weight excluding hydrogens is 238 g/mol. The van der Waals surface area contributed by atoms with Gasteiger partial charge in [-0.3, -0.25) is 0 Å². The first-order valence-corrected chi connectivity index (χ1v) is 6.59. The lowest BCUT2D eigenvalue weighted by Crippen LogP contribution is -2.08. The lowest BCUT2D eigenvalue weighted by Gasteiger charge is -2.09. The molecular formula is C15H21N3O. The van der Waals surface area contributed by atoms with Gasteiger partial charge in [-0.2, -0.15) is 0 Å². The van der Waals surface area contributed by atoms with Crippen molar-refractivity contribution in [3.63, 3.8) is 0 Å². The molecule has 0 aliphatic heterocycles. The highest BCUT2D eigenvalue weighted by Crippen LogP contribution is 2.09. The van der Waals surface area contributed by atoms with Crippen molar-refractivity contribution in [1.82, 2.24) is 9.55 Å². The molecule has 1 N–H and O–H groups in total. The highest BCUT2D eigenvalue weighted by Gasteiger charge is 2.02. The lowest BCUT2D eigenvalue weighted by molar-refractivity contribution is 0.190. The van der Waals surface area contributed by atoms with E-state index in [4.69, 9.17) is 4.74 Å². The fourth-order valence-corrected chi connectivity index (χ4v) is 1.92. The molecule has 1 heterocycles. The zero-order valence-corrected chi connectivity index (χ0v) is 11.6. The molecule has 0 bridgehead atoms. The number of benzene rings is 1. The summed E-state index contributed by atoms with van der Waals surface area (Å²) in [7, 11) is 1.73. The quantitative estimate of drug-likeness (QED) is 0.777. The maximum atomic E-state index is 5.07. The second-order valence-corrected chi connectivity index (χ2v) is 4.63. The average Bonchev–Trinajstić information content (AvgIpc) is 2.86. The van der Waals surface area contributed by atoms with Gasteiger partial charge in [0.25, 0.3) is 0 Å². The van der Waals surface area contributed by atoms with Crippen LogP contribution < -0.4 is 5.32 Å². The molecule has 0 unspecified atom stereocenters. The van der Waals surface area contributed by atoms with Crippen molar-refractivity contribution in [3.05, 3.63) is 47.8 Å². The molecule has 2 aromatic rings. The van der Waals surface area contributed by atoms with Gasteiger partial charge < -0.3 is 14.6 Å². The molecule has 0 aliphatic carbocycles. The van der Waals surface area contributed by atoms with Gasteiger partial charge in [-0.1, -0.05) is 29.8 Å². The third-order valence-corrected chi connectivity index (χ3v) is 3.03. The predicted molar refractivity (Wildman–Crippen MR) is 77.2 cm³/mol. The minimum atomic E-state index is 0.773. The number of nitrogens with zero attached hydrogens (tertiary/aromatic N) is 2. The van der Waals surface area contributed by atoms with E-state index in [-0.39, 0.29) is 0 Å². The number of aromatic nitrogens is 2. The van der Waals surface area contributed by atoms with Gasteiger partial charge in [0.15, 0.2) is 0 Å². The number of hydrogen-bond acceptors (Lipinski definition) is 3. The van der Waals surface area contributed by atoms with Crippen LogP contribution in [0.25, 0.3) is 0 Å². The van der Waals surface area contributed by atoms with E-state index in [0.29, 0.717) is 0 Å². The largest absolute Gasteiger partial charge is 0.385 e. The number of imidazole rings is 1. The highest BCUT2D eigenvalue weighted by molar-refractivity contribution is 5.30. The van der Waals surface area contributed by atoms with Crippen LogP contribution in [-0.4, -0.2) is 23.3 Å². The number of hydrogen-bond donors (Lipinski definition) is 1. The Bertz CT molecular complexity index is 490. The number of aryl methyl sites for hydroxylation is 2. The summed E-state index contributed by atoms with van der Waals surface area (Å²) in [5.74, 6) is 0.914. The SMILES string of the molecule is COCCCn1ccnc1NCc1ccc(C)cc1. The van der Waals surface area contributed by atoms with Crippen LogP contribution in [0.4, 0.5) is 5.95 Å². The molecule has 0 atom stereocenters. The number of methoxy groups -OCH3 is 1. The van der Waals surface area contributed by atoms with E-state index < -0.39 is 0 Å². The Kier molecular flexibility index (Phi) is 4.98. The van der Waals surface area contributed by atoms with Gasteiger partial charge in [0.1, 0.15) is 0 Å². The number of ether oxygens (including phenoxy) is 1. The van der Waals surface area contributed by atoms with E-state index in [9.17, 15) is 0 Å². The van der Waals surface area contributed by atoms with Crippen molar-refractivity contribution < 1.29 is 4.74 Å². The van der Waals surface area contributed by atoms with Gasteiger partial charge in [0, 0.05) is 39.2 Å². The van der Waals surface area contributed by atoms with E-state index in [2.05, 4.69) is 46.1 Å². The molecule has 4 heteroatoms. The molecule has 0 aliphatic rings. The van der Waals surface area contributed by atoms with Gasteiger partial charge in [0.2, 0.25) is 5.95 Å². The third-order valence-electron chi connectivity index (χ3n) is 3.03. The maximum Gasteiger partial charge on any atom is 0.203 e. The Balaban J connectivity index is 1.88. The Hall–Kier alpha value is -1.81. The zero-order valence-electron chi connectivity index (χ0n) is 11.6. The van der Waals surface area contributed by atoms with E-state index in [1.54, 1.807) is 7.11 Å². The normalized spacial score (nSPS) is 10.6. The topological polar surface area (TPSA) is 39.1 Å². The molecule has 0 saturated carbocycles. The fraction of sp³-hybridized carbons (Fsp3) is 0.400. The Morgan fingerprint density at radius 2 is 2.05 bits per heavy atom. The van der Waals surface area contributed by atoms with Crippen LogP contribution in [0.15, 0.2) is 36.7 Å². The summed E-state index contributed by atoms with van der Waals surface area (Å²) >= 11 is 0. The van der Waals surface area contributed by atoms with Crippen LogP contribution in [0.5, 0.6) is 0 Å².